The summed E-state index contributed by atoms with van der Waals surface area (Å²) in [6, 6.07) is 1.80. The van der Waals surface area contributed by atoms with Crippen LogP contribution in [0.5, 0.6) is 0 Å². The number of carbonyl (C=O) groups is 1. The number of H-pyrrole nitrogens is 1. The summed E-state index contributed by atoms with van der Waals surface area (Å²) in [5.41, 5.74) is 1.45. The van der Waals surface area contributed by atoms with Crippen molar-refractivity contribution < 1.29 is 9.53 Å². The first-order chi connectivity index (χ1) is 6.72. The number of nitrogens with zero attached hydrogens (tertiary/aromatic N) is 1. The van der Waals surface area contributed by atoms with Crippen LogP contribution in [0.1, 0.15) is 42.4 Å². The molecule has 0 aliphatic heterocycles. The number of aromatic amines is 1. The van der Waals surface area contributed by atoms with Crippen LogP contribution in [0.4, 0.5) is 0 Å². The van der Waals surface area contributed by atoms with Crippen molar-refractivity contribution in [2.45, 2.75) is 26.2 Å². The number of hydrogen-bond acceptors (Lipinski definition) is 3. The van der Waals surface area contributed by atoms with Gasteiger partial charge in [0.25, 0.3) is 0 Å². The molecule has 0 amide bonds. The van der Waals surface area contributed by atoms with Crippen molar-refractivity contribution in [2.75, 3.05) is 6.61 Å². The number of carbonyl (C=O) groups excluding carboxylic acids is 1. The van der Waals surface area contributed by atoms with E-state index in [0.29, 0.717) is 24.1 Å². The molecule has 1 aliphatic rings. The Hall–Kier alpha value is -1.32. The van der Waals surface area contributed by atoms with Crippen LogP contribution < -0.4 is 0 Å². The molecule has 14 heavy (non-hydrogen) atoms. The van der Waals surface area contributed by atoms with E-state index >= 15 is 0 Å². The van der Waals surface area contributed by atoms with Gasteiger partial charge in [0.1, 0.15) is 0 Å². The average molecular weight is 194 g/mol. The number of nitrogens with one attached hydrogen (secondary N) is 1. The Labute approximate surface area is 82.7 Å². The molecule has 0 aromatic carbocycles. The summed E-state index contributed by atoms with van der Waals surface area (Å²) in [4.78, 5) is 11.3. The summed E-state index contributed by atoms with van der Waals surface area (Å²) in [5.74, 6) is 0.930. The summed E-state index contributed by atoms with van der Waals surface area (Å²) in [5, 5.41) is 6.82. The minimum absolute atomic E-state index is 0.344. The lowest BCUT2D eigenvalue weighted by Gasteiger charge is -1.95. The van der Waals surface area contributed by atoms with Gasteiger partial charge in [-0.05, 0) is 25.3 Å². The van der Waals surface area contributed by atoms with E-state index in [9.17, 15) is 4.79 Å². The highest BCUT2D eigenvalue weighted by atomic mass is 16.5. The Morgan fingerprint density at radius 3 is 3.07 bits per heavy atom. The van der Waals surface area contributed by atoms with Crippen LogP contribution in [0.25, 0.3) is 0 Å². The molecule has 1 fully saturated rings. The van der Waals surface area contributed by atoms with E-state index in [-0.39, 0.29) is 5.97 Å². The van der Waals surface area contributed by atoms with Crippen molar-refractivity contribution in [3.05, 3.63) is 17.5 Å². The molecule has 0 bridgehead atoms. The van der Waals surface area contributed by atoms with Gasteiger partial charge in [0.15, 0.2) is 5.69 Å². The average Bonchev–Trinajstić information content (AvgIpc) is 2.70. The minimum atomic E-state index is -0.344. The number of ether oxygens (including phenoxy) is 1. The molecule has 4 nitrogen and oxygen atoms in total. The van der Waals surface area contributed by atoms with Crippen LogP contribution in [0.15, 0.2) is 6.07 Å². The van der Waals surface area contributed by atoms with Gasteiger partial charge < -0.3 is 4.74 Å². The Morgan fingerprint density at radius 1 is 1.79 bits per heavy atom. The smallest absolute Gasteiger partial charge is 0.358 e. The molecular weight excluding hydrogens is 180 g/mol. The van der Waals surface area contributed by atoms with Crippen molar-refractivity contribution >= 4 is 5.97 Å². The van der Waals surface area contributed by atoms with E-state index in [1.54, 1.807) is 13.0 Å². The lowest BCUT2D eigenvalue weighted by molar-refractivity contribution is 0.0519. The fourth-order valence-corrected chi connectivity index (χ4v) is 1.59. The molecule has 1 aromatic heterocycles. The molecule has 0 saturated heterocycles. The van der Waals surface area contributed by atoms with Gasteiger partial charge in [0, 0.05) is 11.6 Å². The first kappa shape index (κ1) is 9.24. The Bertz CT molecular complexity index is 346. The summed E-state index contributed by atoms with van der Waals surface area (Å²) >= 11 is 0. The van der Waals surface area contributed by atoms with Gasteiger partial charge in [-0.25, -0.2) is 4.79 Å². The van der Waals surface area contributed by atoms with E-state index in [4.69, 9.17) is 4.74 Å². The monoisotopic (exact) mass is 194 g/mol. The van der Waals surface area contributed by atoms with Crippen LogP contribution in [0.2, 0.25) is 0 Å². The number of aromatic nitrogens is 2. The second-order valence-electron chi connectivity index (χ2n) is 3.75. The van der Waals surface area contributed by atoms with Gasteiger partial charge in [-0.3, -0.25) is 5.10 Å². The van der Waals surface area contributed by atoms with Crippen molar-refractivity contribution in [1.29, 1.82) is 0 Å². The normalized spacial score (nSPS) is 24.7. The topological polar surface area (TPSA) is 55.0 Å². The largest absolute Gasteiger partial charge is 0.461 e. The maximum absolute atomic E-state index is 11.3. The lowest BCUT2D eigenvalue weighted by Crippen LogP contribution is -2.04. The van der Waals surface area contributed by atoms with Crippen molar-refractivity contribution in [1.82, 2.24) is 10.2 Å². The molecule has 0 radical (unpaired) electrons. The number of esters is 1. The maximum Gasteiger partial charge on any atom is 0.358 e. The van der Waals surface area contributed by atoms with Crippen molar-refractivity contribution in [3.63, 3.8) is 0 Å². The van der Waals surface area contributed by atoms with E-state index < -0.39 is 0 Å². The van der Waals surface area contributed by atoms with Crippen LogP contribution in [-0.2, 0) is 4.74 Å². The molecule has 2 rings (SSSR count). The molecule has 2 atom stereocenters. The molecule has 76 valence electrons. The van der Waals surface area contributed by atoms with Gasteiger partial charge >= 0.3 is 5.97 Å². The fraction of sp³-hybridized carbons (Fsp3) is 0.600. The van der Waals surface area contributed by atoms with Crippen LogP contribution in [-0.4, -0.2) is 22.8 Å². The third-order valence-corrected chi connectivity index (χ3v) is 2.59. The molecule has 1 aromatic rings. The quantitative estimate of drug-likeness (QED) is 0.745. The van der Waals surface area contributed by atoms with Gasteiger partial charge in [-0.15, -0.1) is 0 Å². The highest BCUT2D eigenvalue weighted by Crippen LogP contribution is 2.46. The molecule has 4 heteroatoms. The summed E-state index contributed by atoms with van der Waals surface area (Å²) in [7, 11) is 0. The Morgan fingerprint density at radius 2 is 2.50 bits per heavy atom. The maximum atomic E-state index is 11.3. The van der Waals surface area contributed by atoms with Crippen LogP contribution in [0.3, 0.4) is 0 Å². The van der Waals surface area contributed by atoms with Crippen molar-refractivity contribution in [2.24, 2.45) is 5.92 Å². The van der Waals surface area contributed by atoms with E-state index in [1.165, 1.54) is 6.42 Å². The van der Waals surface area contributed by atoms with Gasteiger partial charge in [-0.2, -0.15) is 5.10 Å². The predicted octanol–water partition coefficient (Wildman–Crippen LogP) is 1.71. The highest BCUT2D eigenvalue weighted by molar-refractivity contribution is 5.87. The van der Waals surface area contributed by atoms with Gasteiger partial charge in [0.05, 0.1) is 6.61 Å². The third-order valence-electron chi connectivity index (χ3n) is 2.59. The standard InChI is InChI=1S/C10H14N2O2/c1-3-14-10(13)9-5-8(11-12-9)7-4-6(7)2/h5-7H,3-4H2,1-2H3,(H,11,12)/t6-,7?/m0/s1. The van der Waals surface area contributed by atoms with Gasteiger partial charge in [-0.1, -0.05) is 6.92 Å². The Balaban J connectivity index is 2.06. The lowest BCUT2D eigenvalue weighted by atomic mass is 10.2. The fourth-order valence-electron chi connectivity index (χ4n) is 1.59. The molecule has 1 saturated carbocycles. The number of hydrogen-bond donors (Lipinski definition) is 1. The molecule has 1 N–H and O–H groups in total. The second kappa shape index (κ2) is 3.44. The molecule has 1 unspecified atom stereocenters. The second-order valence-corrected chi connectivity index (χ2v) is 3.75. The molecule has 1 aliphatic carbocycles. The van der Waals surface area contributed by atoms with Crippen LogP contribution in [0, 0.1) is 5.92 Å². The highest BCUT2D eigenvalue weighted by Gasteiger charge is 2.35. The van der Waals surface area contributed by atoms with E-state index in [1.807, 2.05) is 0 Å². The van der Waals surface area contributed by atoms with E-state index in [0.717, 1.165) is 5.69 Å². The molecule has 1 heterocycles. The molecule has 0 spiro atoms. The summed E-state index contributed by atoms with van der Waals surface area (Å²) in [6.07, 6.45) is 1.18. The molecular formula is C10H14N2O2. The zero-order chi connectivity index (χ0) is 10.1. The Kier molecular flexibility index (Phi) is 2.27. The number of rotatable bonds is 3. The van der Waals surface area contributed by atoms with Crippen molar-refractivity contribution in [3.8, 4) is 0 Å². The first-order valence-corrected chi connectivity index (χ1v) is 4.94. The summed E-state index contributed by atoms with van der Waals surface area (Å²) in [6.45, 7) is 4.37. The SMILES string of the molecule is CCOC(=O)c1cc(C2C[C@@H]2C)[nH]n1. The van der Waals surface area contributed by atoms with Crippen LogP contribution >= 0.6 is 0 Å². The minimum Gasteiger partial charge on any atom is -0.461 e. The first-order valence-electron chi connectivity index (χ1n) is 4.94. The predicted molar refractivity (Wildman–Crippen MR) is 51.1 cm³/mol. The third kappa shape index (κ3) is 1.64. The zero-order valence-electron chi connectivity index (χ0n) is 8.41. The van der Waals surface area contributed by atoms with E-state index in [2.05, 4.69) is 17.1 Å². The van der Waals surface area contributed by atoms with Gasteiger partial charge in [0.2, 0.25) is 0 Å². The zero-order valence-corrected chi connectivity index (χ0v) is 8.41. The summed E-state index contributed by atoms with van der Waals surface area (Å²) < 4.78 is 4.85.